The first-order valence-corrected chi connectivity index (χ1v) is 28.5. The van der Waals surface area contributed by atoms with Crippen LogP contribution in [-0.4, -0.2) is 6.15 Å². The van der Waals surface area contributed by atoms with Gasteiger partial charge in [0.05, 0.1) is 44.5 Å². The third-order valence-electron chi connectivity index (χ3n) is 15.6. The van der Waals surface area contributed by atoms with E-state index < -0.39 is 195 Å². The lowest BCUT2D eigenvalue weighted by Crippen LogP contribution is -2.75. The predicted octanol–water partition coefficient (Wildman–Crippen LogP) is 20.5. The van der Waals surface area contributed by atoms with E-state index in [0.29, 0.717) is 0 Å². The molecule has 0 unspecified atom stereocenters. The molecule has 0 fully saturated rings. The predicted molar refractivity (Wildman–Crippen MR) is 301 cm³/mol. The molecular weight excluding hydrogens is 1270 g/mol. The number of nitrogens with zero attached hydrogens (tertiary/aromatic N) is 1. The van der Waals surface area contributed by atoms with Crippen LogP contribution in [0, 0.1) is 0 Å². The Morgan fingerprint density at radius 1 is 0.293 bits per heavy atom. The van der Waals surface area contributed by atoms with Gasteiger partial charge in [-0.25, -0.2) is 0 Å². The quantitative estimate of drug-likeness (QED) is 0.0349. The molecule has 494 valence electrons. The van der Waals surface area contributed by atoms with Gasteiger partial charge in [-0.2, -0.15) is 132 Å². The van der Waals surface area contributed by atoms with Crippen LogP contribution in [-0.2, 0) is 62.4 Å². The summed E-state index contributed by atoms with van der Waals surface area (Å²) in [6.45, 7) is 3.16. The molecule has 1 nitrogen and oxygen atoms in total. The summed E-state index contributed by atoms with van der Waals surface area (Å²) in [6.07, 6.45) is -39.7. The number of fused-ring (bicyclic) bond motifs is 1. The summed E-state index contributed by atoms with van der Waals surface area (Å²) in [5.74, 6) is 0. The summed E-state index contributed by atoms with van der Waals surface area (Å²) in [6, 6.07) is 24.5. The molecule has 0 aliphatic heterocycles. The third-order valence-corrected chi connectivity index (χ3v) is 15.6. The molecule has 8 aromatic rings. The van der Waals surface area contributed by atoms with Gasteiger partial charge in [0.15, 0.2) is 6.54 Å². The van der Waals surface area contributed by atoms with E-state index in [1.165, 1.54) is 104 Å². The van der Waals surface area contributed by atoms with Gasteiger partial charge in [0.1, 0.15) is 6.15 Å². The molecule has 0 aliphatic carbocycles. The number of aryl methyl sites for hydroxylation is 1. The van der Waals surface area contributed by atoms with Gasteiger partial charge in [0.2, 0.25) is 11.2 Å². The maximum Gasteiger partial charge on any atom is 0.416 e. The zero-order valence-electron chi connectivity index (χ0n) is 48.2. The van der Waals surface area contributed by atoms with E-state index in [9.17, 15) is 105 Å². The summed E-state index contributed by atoms with van der Waals surface area (Å²) in [5.41, 5.74) is -23.6. The van der Waals surface area contributed by atoms with E-state index >= 15 is 0 Å². The number of aromatic nitrogens is 1. The number of unbranched alkanes of at least 4 members (excludes halogenated alkanes) is 9. The SMILES string of the molecule is CCCCCCCCCCCCc1ccc(-c2ccc3ccccc3[n+]2Cc2ccccc2)cc1.FC(F)(F)c1cc([B-](c2cc(C(F)(F)F)cc(C(F)(F)F)c2)(c2cc(C(F)(F)F)cc(C(F)(F)F)c2)c2cc(C(F)(F)F)cc(C(F)(F)F)c2)cc(C(F)(F)F)c1. The van der Waals surface area contributed by atoms with E-state index in [0.717, 1.165) is 6.54 Å². The van der Waals surface area contributed by atoms with E-state index in [4.69, 9.17) is 0 Å². The Morgan fingerprint density at radius 2 is 0.598 bits per heavy atom. The maximum atomic E-state index is 14.2. The van der Waals surface area contributed by atoms with Crippen LogP contribution in [0.5, 0.6) is 0 Å². The number of hydrogen-bond acceptors (Lipinski definition) is 0. The zero-order chi connectivity index (χ0) is 68.0. The summed E-state index contributed by atoms with van der Waals surface area (Å²) < 4.78 is 343. The molecule has 0 aliphatic rings. The number of hydrogen-bond donors (Lipinski definition) is 0. The fourth-order valence-corrected chi connectivity index (χ4v) is 11.2. The van der Waals surface area contributed by atoms with Crippen molar-refractivity contribution >= 4 is 38.9 Å². The molecule has 0 spiro atoms. The van der Waals surface area contributed by atoms with Crippen molar-refractivity contribution in [2.24, 2.45) is 0 Å². The van der Waals surface area contributed by atoms with Crippen LogP contribution >= 0.6 is 0 Å². The number of para-hydroxylation sites is 1. The highest BCUT2D eigenvalue weighted by Crippen LogP contribution is 2.42. The Bertz CT molecular complexity index is 3340. The van der Waals surface area contributed by atoms with Gasteiger partial charge in [-0.15, -0.1) is 0 Å². The van der Waals surface area contributed by atoms with E-state index in [-0.39, 0.29) is 0 Å². The van der Waals surface area contributed by atoms with Crippen molar-refractivity contribution in [1.82, 2.24) is 0 Å². The number of halogens is 24. The molecule has 0 radical (unpaired) electrons. The van der Waals surface area contributed by atoms with Crippen molar-refractivity contribution in [3.05, 3.63) is 219 Å². The molecule has 0 saturated heterocycles. The van der Waals surface area contributed by atoms with Crippen LogP contribution in [0.1, 0.15) is 127 Å². The molecule has 0 saturated carbocycles. The third kappa shape index (κ3) is 17.9. The molecule has 92 heavy (non-hydrogen) atoms. The number of alkyl halides is 24. The van der Waals surface area contributed by atoms with E-state index in [2.05, 4.69) is 102 Å². The molecule has 0 atom stereocenters. The van der Waals surface area contributed by atoms with E-state index in [1.54, 1.807) is 0 Å². The minimum absolute atomic E-state index is 0.691. The largest absolute Gasteiger partial charge is 0.416 e. The Balaban J connectivity index is 0.000000292. The average molecular weight is 1330 g/mol. The fraction of sp³-hybridized carbons (Fsp3) is 0.318. The van der Waals surface area contributed by atoms with Crippen molar-refractivity contribution in [3.8, 4) is 11.3 Å². The van der Waals surface area contributed by atoms with E-state index in [1.807, 2.05) is 0 Å². The van der Waals surface area contributed by atoms with Crippen LogP contribution in [0.15, 0.2) is 164 Å². The van der Waals surface area contributed by atoms with Crippen molar-refractivity contribution in [2.75, 3.05) is 0 Å². The molecule has 26 heteroatoms. The van der Waals surface area contributed by atoms with Crippen LogP contribution in [0.3, 0.4) is 0 Å². The molecule has 7 aromatic carbocycles. The topological polar surface area (TPSA) is 3.88 Å². The summed E-state index contributed by atoms with van der Waals surface area (Å²) in [5, 5.41) is 1.28. The minimum Gasteiger partial charge on any atom is -0.194 e. The highest BCUT2D eigenvalue weighted by molar-refractivity contribution is 7.20. The van der Waals surface area contributed by atoms with Crippen molar-refractivity contribution < 1.29 is 110 Å². The Morgan fingerprint density at radius 3 is 0.924 bits per heavy atom. The van der Waals surface area contributed by atoms with Crippen molar-refractivity contribution in [1.29, 1.82) is 0 Å². The van der Waals surface area contributed by atoms with Crippen LogP contribution in [0.25, 0.3) is 22.2 Å². The zero-order valence-corrected chi connectivity index (χ0v) is 48.2. The second-order valence-electron chi connectivity index (χ2n) is 22.2. The molecule has 1 aromatic heterocycles. The molecule has 0 N–H and O–H groups in total. The minimum atomic E-state index is -6.13. The van der Waals surface area contributed by atoms with Gasteiger partial charge < -0.3 is 0 Å². The summed E-state index contributed by atoms with van der Waals surface area (Å²) in [4.78, 5) is 0. The first-order chi connectivity index (χ1) is 42.6. The van der Waals surface area contributed by atoms with Gasteiger partial charge >= 0.3 is 49.4 Å². The summed E-state index contributed by atoms with van der Waals surface area (Å²) in [7, 11) is 0. The van der Waals surface area contributed by atoms with Crippen LogP contribution < -0.4 is 26.4 Å². The molecule has 0 amide bonds. The second kappa shape index (κ2) is 27.9. The molecule has 8 rings (SSSR count). The van der Waals surface area contributed by atoms with Gasteiger partial charge in [-0.3, -0.25) is 0 Å². The monoisotopic (exact) mass is 1330 g/mol. The van der Waals surface area contributed by atoms with Crippen molar-refractivity contribution in [3.63, 3.8) is 0 Å². The lowest BCUT2D eigenvalue weighted by Gasteiger charge is -2.46. The maximum absolute atomic E-state index is 14.2. The lowest BCUT2D eigenvalue weighted by atomic mass is 9.12. The van der Waals surface area contributed by atoms with Crippen LogP contribution in [0.4, 0.5) is 105 Å². The van der Waals surface area contributed by atoms with Gasteiger partial charge in [0, 0.05) is 28.6 Å². The fourth-order valence-electron chi connectivity index (χ4n) is 11.2. The standard InChI is InChI=1S/C34H42N.C32H12BF24/c1-2-3-4-5-6-7-8-9-10-12-17-29-22-24-32(25-23-29)34-27-26-31-20-15-16-21-33(31)35(34)28-30-18-13-11-14-19-30;34-25(35,36)13-1-14(26(37,38)39)6-21(5-13)33(22-7-15(27(40,41)42)2-16(8-22)28(43,44)45,23-9-17(29(46,47)48)3-18(10-23)30(49,50)51)24-11-19(31(52,53)54)4-20(12-24)32(55,56)57/h11,13-16,18-27H,2-10,12,17,28H2,1H3;1-12H/q+1;-1. The molecule has 0 bridgehead atoms. The Kier molecular flexibility index (Phi) is 21.8. The number of pyridine rings is 1. The smallest absolute Gasteiger partial charge is 0.194 e. The highest BCUT2D eigenvalue weighted by atomic mass is 19.4. The van der Waals surface area contributed by atoms with Gasteiger partial charge in [-0.1, -0.05) is 168 Å². The first kappa shape index (κ1) is 71.8. The van der Waals surface area contributed by atoms with Crippen molar-refractivity contribution in [2.45, 2.75) is 134 Å². The van der Waals surface area contributed by atoms with Gasteiger partial charge in [0.25, 0.3) is 0 Å². The number of benzene rings is 7. The summed E-state index contributed by atoms with van der Waals surface area (Å²) >= 11 is 0. The van der Waals surface area contributed by atoms with Crippen LogP contribution in [0.2, 0.25) is 0 Å². The number of rotatable bonds is 18. The highest BCUT2D eigenvalue weighted by Gasteiger charge is 2.47. The van der Waals surface area contributed by atoms with Gasteiger partial charge in [-0.05, 0) is 66.9 Å². The second-order valence-corrected chi connectivity index (χ2v) is 22.2. The Labute approximate surface area is 511 Å². The molecule has 1 heterocycles. The Hall–Kier alpha value is -7.67. The normalized spacial score (nSPS) is 13.1. The lowest BCUT2D eigenvalue weighted by molar-refractivity contribution is -0.651. The molecular formula is C66H54BF24N. The average Bonchev–Trinajstić information content (AvgIpc) is 0.717. The first-order valence-electron chi connectivity index (χ1n) is 28.5.